The maximum absolute atomic E-state index is 13.1. The van der Waals surface area contributed by atoms with E-state index >= 15 is 0 Å². The first-order valence-corrected chi connectivity index (χ1v) is 3.92. The van der Waals surface area contributed by atoms with Gasteiger partial charge in [0.1, 0.15) is 17.7 Å². The number of carbonyl (C=O) groups is 1. The molecular formula is C9H9F2NO2. The summed E-state index contributed by atoms with van der Waals surface area (Å²) < 4.78 is 26.2. The van der Waals surface area contributed by atoms with E-state index in [9.17, 15) is 13.6 Å². The number of carboxylic acid groups (broad SMARTS) is 1. The van der Waals surface area contributed by atoms with Crippen molar-refractivity contribution in [1.82, 2.24) is 5.32 Å². The lowest BCUT2D eigenvalue weighted by molar-refractivity contribution is -0.139. The summed E-state index contributed by atoms with van der Waals surface area (Å²) in [6.45, 7) is 0. The molecule has 0 radical (unpaired) electrons. The minimum atomic E-state index is -1.36. The van der Waals surface area contributed by atoms with Gasteiger partial charge in [0.05, 0.1) is 5.56 Å². The third-order valence-corrected chi connectivity index (χ3v) is 1.82. The fraction of sp³-hybridized carbons (Fsp3) is 0.222. The average Bonchev–Trinajstić information content (AvgIpc) is 2.10. The van der Waals surface area contributed by atoms with Crippen LogP contribution < -0.4 is 5.32 Å². The molecule has 0 bridgehead atoms. The van der Waals surface area contributed by atoms with Crippen molar-refractivity contribution in [3.63, 3.8) is 0 Å². The lowest BCUT2D eigenvalue weighted by Gasteiger charge is -2.12. The molecule has 0 amide bonds. The number of benzene rings is 1. The van der Waals surface area contributed by atoms with Crippen LogP contribution in [-0.4, -0.2) is 18.1 Å². The zero-order valence-electron chi connectivity index (χ0n) is 7.42. The van der Waals surface area contributed by atoms with Gasteiger partial charge in [0.25, 0.3) is 0 Å². The molecule has 0 aromatic heterocycles. The summed E-state index contributed by atoms with van der Waals surface area (Å²) in [4.78, 5) is 10.6. The number of hydrogen-bond donors (Lipinski definition) is 2. The molecule has 1 aromatic rings. The molecule has 0 aliphatic heterocycles. The third kappa shape index (κ3) is 1.88. The van der Waals surface area contributed by atoms with Gasteiger partial charge in [-0.05, 0) is 19.2 Å². The summed E-state index contributed by atoms with van der Waals surface area (Å²) in [7, 11) is 1.32. The first-order chi connectivity index (χ1) is 6.57. The molecule has 2 N–H and O–H groups in total. The van der Waals surface area contributed by atoms with E-state index in [1.165, 1.54) is 13.1 Å². The van der Waals surface area contributed by atoms with Gasteiger partial charge in [-0.1, -0.05) is 6.07 Å². The maximum Gasteiger partial charge on any atom is 0.325 e. The van der Waals surface area contributed by atoms with Crippen LogP contribution in [0.4, 0.5) is 8.78 Å². The summed E-state index contributed by atoms with van der Waals surface area (Å²) in [6, 6.07) is 1.86. The molecule has 5 heteroatoms. The quantitative estimate of drug-likeness (QED) is 0.775. The van der Waals surface area contributed by atoms with Crippen molar-refractivity contribution in [2.75, 3.05) is 7.05 Å². The van der Waals surface area contributed by atoms with Gasteiger partial charge in [-0.15, -0.1) is 0 Å². The molecule has 76 valence electrons. The molecule has 1 aromatic carbocycles. The summed E-state index contributed by atoms with van der Waals surface area (Å²) in [6.07, 6.45) is 0. The summed E-state index contributed by atoms with van der Waals surface area (Å²) in [5.74, 6) is -3.06. The molecule has 3 nitrogen and oxygen atoms in total. The second-order valence-electron chi connectivity index (χ2n) is 2.70. The van der Waals surface area contributed by atoms with E-state index < -0.39 is 29.2 Å². The Morgan fingerprint density at radius 1 is 1.43 bits per heavy atom. The third-order valence-electron chi connectivity index (χ3n) is 1.82. The smallest absolute Gasteiger partial charge is 0.325 e. The van der Waals surface area contributed by atoms with Crippen LogP contribution in [0.5, 0.6) is 0 Å². The molecule has 14 heavy (non-hydrogen) atoms. The predicted molar refractivity (Wildman–Crippen MR) is 45.8 cm³/mol. The van der Waals surface area contributed by atoms with E-state index in [1.54, 1.807) is 0 Å². The largest absolute Gasteiger partial charge is 0.480 e. The summed E-state index contributed by atoms with van der Waals surface area (Å²) >= 11 is 0. The van der Waals surface area contributed by atoms with Gasteiger partial charge in [0.15, 0.2) is 0 Å². The minimum Gasteiger partial charge on any atom is -0.480 e. The lowest BCUT2D eigenvalue weighted by Crippen LogP contribution is -2.27. The molecule has 0 heterocycles. The normalized spacial score (nSPS) is 12.5. The first-order valence-electron chi connectivity index (χ1n) is 3.92. The van der Waals surface area contributed by atoms with Crippen molar-refractivity contribution in [1.29, 1.82) is 0 Å². The second-order valence-corrected chi connectivity index (χ2v) is 2.70. The Kier molecular flexibility index (Phi) is 3.14. The van der Waals surface area contributed by atoms with Gasteiger partial charge in [0, 0.05) is 0 Å². The van der Waals surface area contributed by atoms with Gasteiger partial charge in [0.2, 0.25) is 0 Å². The zero-order chi connectivity index (χ0) is 10.7. The van der Waals surface area contributed by atoms with Crippen molar-refractivity contribution in [3.05, 3.63) is 35.4 Å². The Bertz CT molecular complexity index is 334. The highest BCUT2D eigenvalue weighted by atomic mass is 19.1. The highest BCUT2D eigenvalue weighted by Gasteiger charge is 2.24. The van der Waals surface area contributed by atoms with Crippen molar-refractivity contribution < 1.29 is 18.7 Å². The molecule has 0 fully saturated rings. The molecule has 0 aliphatic carbocycles. The fourth-order valence-electron chi connectivity index (χ4n) is 1.18. The predicted octanol–water partition coefficient (Wildman–Crippen LogP) is 1.31. The van der Waals surface area contributed by atoms with Crippen LogP contribution in [0.1, 0.15) is 11.6 Å². The number of likely N-dealkylation sites (N-methyl/N-ethyl adjacent to an activating group) is 1. The van der Waals surface area contributed by atoms with Crippen LogP contribution in [0.3, 0.4) is 0 Å². The molecule has 0 saturated carbocycles. The van der Waals surface area contributed by atoms with Crippen LogP contribution in [0.15, 0.2) is 18.2 Å². The SMILES string of the molecule is CN[C@H](C(=O)O)c1c(F)cccc1F. The number of nitrogens with one attached hydrogen (secondary N) is 1. The second kappa shape index (κ2) is 4.15. The highest BCUT2D eigenvalue weighted by molar-refractivity contribution is 5.75. The Morgan fingerprint density at radius 2 is 1.93 bits per heavy atom. The Balaban J connectivity index is 3.22. The van der Waals surface area contributed by atoms with E-state index in [4.69, 9.17) is 5.11 Å². The number of halogens is 2. The Labute approximate surface area is 79.4 Å². The highest BCUT2D eigenvalue weighted by Crippen LogP contribution is 2.20. The molecular weight excluding hydrogens is 192 g/mol. The number of hydrogen-bond acceptors (Lipinski definition) is 2. The summed E-state index contributed by atoms with van der Waals surface area (Å²) in [5.41, 5.74) is -0.470. The maximum atomic E-state index is 13.1. The first kappa shape index (κ1) is 10.6. The molecule has 1 rings (SSSR count). The van der Waals surface area contributed by atoms with Crippen LogP contribution in [-0.2, 0) is 4.79 Å². The van der Waals surface area contributed by atoms with Gasteiger partial charge in [-0.3, -0.25) is 4.79 Å². The van der Waals surface area contributed by atoms with Crippen LogP contribution >= 0.6 is 0 Å². The van der Waals surface area contributed by atoms with Gasteiger partial charge < -0.3 is 10.4 Å². The molecule has 0 saturated heterocycles. The van der Waals surface area contributed by atoms with E-state index in [2.05, 4.69) is 5.32 Å². The topological polar surface area (TPSA) is 49.3 Å². The number of carboxylic acids is 1. The van der Waals surface area contributed by atoms with Crippen molar-refractivity contribution in [2.24, 2.45) is 0 Å². The Morgan fingerprint density at radius 3 is 2.29 bits per heavy atom. The molecule has 0 spiro atoms. The van der Waals surface area contributed by atoms with Crippen molar-refractivity contribution >= 4 is 5.97 Å². The standard InChI is InChI=1S/C9H9F2NO2/c1-12-8(9(13)14)7-5(10)3-2-4-6(7)11/h2-4,8,12H,1H3,(H,13,14)/t8-/m0/s1. The van der Waals surface area contributed by atoms with Crippen molar-refractivity contribution in [3.8, 4) is 0 Å². The van der Waals surface area contributed by atoms with Gasteiger partial charge in [-0.2, -0.15) is 0 Å². The van der Waals surface area contributed by atoms with E-state index in [0.717, 1.165) is 12.1 Å². The monoisotopic (exact) mass is 201 g/mol. The van der Waals surface area contributed by atoms with Gasteiger partial charge >= 0.3 is 5.97 Å². The molecule has 1 atom stereocenters. The van der Waals surface area contributed by atoms with Crippen LogP contribution in [0, 0.1) is 11.6 Å². The Hall–Kier alpha value is -1.49. The average molecular weight is 201 g/mol. The lowest BCUT2D eigenvalue weighted by atomic mass is 10.1. The molecule has 0 unspecified atom stereocenters. The van der Waals surface area contributed by atoms with E-state index in [1.807, 2.05) is 0 Å². The van der Waals surface area contributed by atoms with Gasteiger partial charge in [-0.25, -0.2) is 8.78 Å². The van der Waals surface area contributed by atoms with E-state index in [0.29, 0.717) is 0 Å². The number of aliphatic carboxylic acids is 1. The van der Waals surface area contributed by atoms with Crippen molar-refractivity contribution in [2.45, 2.75) is 6.04 Å². The van der Waals surface area contributed by atoms with E-state index in [-0.39, 0.29) is 0 Å². The molecule has 0 aliphatic rings. The fourth-order valence-corrected chi connectivity index (χ4v) is 1.18. The number of rotatable bonds is 3. The van der Waals surface area contributed by atoms with Crippen LogP contribution in [0.2, 0.25) is 0 Å². The zero-order valence-corrected chi connectivity index (χ0v) is 7.42. The minimum absolute atomic E-state index is 0.470. The van der Waals surface area contributed by atoms with Crippen LogP contribution in [0.25, 0.3) is 0 Å². The summed E-state index contributed by atoms with van der Waals surface area (Å²) in [5, 5.41) is 11.0.